The van der Waals surface area contributed by atoms with E-state index in [0.29, 0.717) is 18.0 Å². The van der Waals surface area contributed by atoms with Crippen molar-refractivity contribution in [3.63, 3.8) is 0 Å². The highest BCUT2D eigenvalue weighted by Gasteiger charge is 2.26. The SMILES string of the molecule is CC(C)C(=O)NCCc1csc([C@@H]2CCCN(C(=O)Cc3cccc(Cl)c3)C2)n1. The molecule has 3 rings (SSSR count). The maximum atomic E-state index is 12.7. The van der Waals surface area contributed by atoms with E-state index in [0.717, 1.165) is 48.6 Å². The maximum absolute atomic E-state index is 12.7. The number of benzene rings is 1. The lowest BCUT2D eigenvalue weighted by atomic mass is 9.98. The molecule has 1 fully saturated rings. The number of thiazole rings is 1. The van der Waals surface area contributed by atoms with Gasteiger partial charge in [-0.15, -0.1) is 11.3 Å². The van der Waals surface area contributed by atoms with Crippen molar-refractivity contribution in [3.05, 3.63) is 50.9 Å². The molecule has 7 heteroatoms. The van der Waals surface area contributed by atoms with Gasteiger partial charge in [0, 0.05) is 48.3 Å². The van der Waals surface area contributed by atoms with Gasteiger partial charge in [0.25, 0.3) is 0 Å². The third kappa shape index (κ3) is 6.28. The van der Waals surface area contributed by atoms with E-state index >= 15 is 0 Å². The van der Waals surface area contributed by atoms with Gasteiger partial charge in [-0.2, -0.15) is 0 Å². The zero-order valence-corrected chi connectivity index (χ0v) is 18.6. The summed E-state index contributed by atoms with van der Waals surface area (Å²) < 4.78 is 0. The molecule has 29 heavy (non-hydrogen) atoms. The van der Waals surface area contributed by atoms with Crippen LogP contribution in [0.4, 0.5) is 0 Å². The minimum atomic E-state index is -0.00124. The number of carbonyl (C=O) groups excluding carboxylic acids is 2. The molecule has 1 aromatic carbocycles. The quantitative estimate of drug-likeness (QED) is 0.716. The van der Waals surface area contributed by atoms with Crippen molar-refractivity contribution in [2.45, 2.75) is 45.4 Å². The highest BCUT2D eigenvalue weighted by atomic mass is 35.5. The number of nitrogens with one attached hydrogen (secondary N) is 1. The van der Waals surface area contributed by atoms with E-state index in [1.807, 2.05) is 43.0 Å². The van der Waals surface area contributed by atoms with Crippen LogP contribution in [0.3, 0.4) is 0 Å². The van der Waals surface area contributed by atoms with Gasteiger partial charge in [0.2, 0.25) is 11.8 Å². The number of hydrogen-bond acceptors (Lipinski definition) is 4. The van der Waals surface area contributed by atoms with Crippen molar-refractivity contribution in [1.29, 1.82) is 0 Å². The molecule has 1 aromatic heterocycles. The van der Waals surface area contributed by atoms with Gasteiger partial charge in [-0.05, 0) is 30.5 Å². The molecule has 0 saturated carbocycles. The van der Waals surface area contributed by atoms with Crippen LogP contribution in [0.1, 0.15) is 48.9 Å². The summed E-state index contributed by atoms with van der Waals surface area (Å²) in [5, 5.41) is 6.76. The number of piperidine rings is 1. The van der Waals surface area contributed by atoms with E-state index in [4.69, 9.17) is 16.6 Å². The van der Waals surface area contributed by atoms with Gasteiger partial charge < -0.3 is 10.2 Å². The molecule has 0 bridgehead atoms. The Balaban J connectivity index is 1.53. The zero-order valence-electron chi connectivity index (χ0n) is 17.0. The van der Waals surface area contributed by atoms with Crippen LogP contribution in [0.2, 0.25) is 5.02 Å². The Kier molecular flexibility index (Phi) is 7.67. The summed E-state index contributed by atoms with van der Waals surface area (Å²) in [5.74, 6) is 0.501. The average molecular weight is 434 g/mol. The van der Waals surface area contributed by atoms with Crippen molar-refractivity contribution >= 4 is 34.8 Å². The lowest BCUT2D eigenvalue weighted by Gasteiger charge is -2.32. The first kappa shape index (κ1) is 21.8. The summed E-state index contributed by atoms with van der Waals surface area (Å²) in [5.41, 5.74) is 1.96. The fraction of sp³-hybridized carbons (Fsp3) is 0.500. The molecule has 5 nitrogen and oxygen atoms in total. The van der Waals surface area contributed by atoms with Crippen molar-refractivity contribution in [2.24, 2.45) is 5.92 Å². The Hall–Kier alpha value is -1.92. The molecule has 156 valence electrons. The molecule has 0 radical (unpaired) electrons. The van der Waals surface area contributed by atoms with E-state index in [9.17, 15) is 9.59 Å². The summed E-state index contributed by atoms with van der Waals surface area (Å²) >= 11 is 7.70. The highest BCUT2D eigenvalue weighted by Crippen LogP contribution is 2.29. The van der Waals surface area contributed by atoms with Gasteiger partial charge in [0.1, 0.15) is 0 Å². The number of likely N-dealkylation sites (tertiary alicyclic amines) is 1. The van der Waals surface area contributed by atoms with Crippen LogP contribution in [0, 0.1) is 5.92 Å². The third-order valence-electron chi connectivity index (χ3n) is 5.14. The van der Waals surface area contributed by atoms with Crippen LogP contribution in [0.25, 0.3) is 0 Å². The molecular formula is C22H28ClN3O2S. The topological polar surface area (TPSA) is 62.3 Å². The first-order valence-corrected chi connectivity index (χ1v) is 11.4. The standard InChI is InChI=1S/C22H28ClN3O2S/c1-15(2)21(28)24-9-8-19-14-29-22(25-19)17-6-4-10-26(13-17)20(27)12-16-5-3-7-18(23)11-16/h3,5,7,11,14-15,17H,4,6,8-10,12-13H2,1-2H3,(H,24,28)/t17-/m1/s1. The fourth-order valence-corrected chi connectivity index (χ4v) is 4.68. The van der Waals surface area contributed by atoms with Crippen LogP contribution < -0.4 is 5.32 Å². The van der Waals surface area contributed by atoms with Crippen molar-refractivity contribution in [2.75, 3.05) is 19.6 Å². The Labute approximate surface area is 181 Å². The number of halogens is 1. The van der Waals surface area contributed by atoms with Crippen molar-refractivity contribution in [3.8, 4) is 0 Å². The normalized spacial score (nSPS) is 16.8. The molecule has 1 N–H and O–H groups in total. The summed E-state index contributed by atoms with van der Waals surface area (Å²) in [4.78, 5) is 31.1. The van der Waals surface area contributed by atoms with Crippen LogP contribution in [-0.4, -0.2) is 41.3 Å². The molecule has 1 atom stereocenters. The summed E-state index contributed by atoms with van der Waals surface area (Å²) in [7, 11) is 0. The van der Waals surface area contributed by atoms with Crippen LogP contribution in [0.5, 0.6) is 0 Å². The summed E-state index contributed by atoms with van der Waals surface area (Å²) in [6.07, 6.45) is 3.16. The van der Waals surface area contributed by atoms with E-state index in [-0.39, 0.29) is 23.7 Å². The molecule has 2 aromatic rings. The predicted molar refractivity (Wildman–Crippen MR) is 117 cm³/mol. The molecular weight excluding hydrogens is 406 g/mol. The second-order valence-corrected chi connectivity index (χ2v) is 9.18. The lowest BCUT2D eigenvalue weighted by molar-refractivity contribution is -0.131. The van der Waals surface area contributed by atoms with Gasteiger partial charge in [-0.1, -0.05) is 37.6 Å². The summed E-state index contributed by atoms with van der Waals surface area (Å²) in [6, 6.07) is 7.49. The second-order valence-electron chi connectivity index (χ2n) is 7.86. The number of hydrogen-bond donors (Lipinski definition) is 1. The van der Waals surface area contributed by atoms with Crippen LogP contribution in [0.15, 0.2) is 29.6 Å². The van der Waals surface area contributed by atoms with E-state index in [1.165, 1.54) is 0 Å². The number of nitrogens with zero attached hydrogens (tertiary/aromatic N) is 2. The molecule has 0 aliphatic carbocycles. The molecule has 0 unspecified atom stereocenters. The minimum Gasteiger partial charge on any atom is -0.355 e. The van der Waals surface area contributed by atoms with E-state index in [2.05, 4.69) is 10.7 Å². The highest BCUT2D eigenvalue weighted by molar-refractivity contribution is 7.09. The molecule has 1 aliphatic heterocycles. The molecule has 2 amide bonds. The summed E-state index contributed by atoms with van der Waals surface area (Å²) in [6.45, 7) is 5.90. The smallest absolute Gasteiger partial charge is 0.227 e. The van der Waals surface area contributed by atoms with Gasteiger partial charge in [-0.3, -0.25) is 9.59 Å². The van der Waals surface area contributed by atoms with Crippen LogP contribution >= 0.6 is 22.9 Å². The first-order chi connectivity index (χ1) is 13.9. The predicted octanol–water partition coefficient (Wildman–Crippen LogP) is 4.06. The average Bonchev–Trinajstić information content (AvgIpc) is 3.17. The number of aromatic nitrogens is 1. The van der Waals surface area contributed by atoms with E-state index in [1.54, 1.807) is 11.3 Å². The number of amides is 2. The third-order valence-corrected chi connectivity index (χ3v) is 6.43. The Morgan fingerprint density at radius 2 is 2.21 bits per heavy atom. The van der Waals surface area contributed by atoms with Gasteiger partial charge in [0.05, 0.1) is 17.1 Å². The van der Waals surface area contributed by atoms with Crippen molar-refractivity contribution in [1.82, 2.24) is 15.2 Å². The first-order valence-electron chi connectivity index (χ1n) is 10.2. The number of carbonyl (C=O) groups is 2. The monoisotopic (exact) mass is 433 g/mol. The number of rotatable bonds is 7. The van der Waals surface area contributed by atoms with Gasteiger partial charge >= 0.3 is 0 Å². The second kappa shape index (κ2) is 10.2. The minimum absolute atomic E-state index is 0.00124. The zero-order chi connectivity index (χ0) is 20.8. The largest absolute Gasteiger partial charge is 0.355 e. The molecule has 1 saturated heterocycles. The molecule has 1 aliphatic rings. The lowest BCUT2D eigenvalue weighted by Crippen LogP contribution is -2.39. The Morgan fingerprint density at radius 1 is 1.38 bits per heavy atom. The maximum Gasteiger partial charge on any atom is 0.227 e. The van der Waals surface area contributed by atoms with Gasteiger partial charge in [-0.25, -0.2) is 4.98 Å². The van der Waals surface area contributed by atoms with Crippen LogP contribution in [-0.2, 0) is 22.4 Å². The van der Waals surface area contributed by atoms with Crippen molar-refractivity contribution < 1.29 is 9.59 Å². The van der Waals surface area contributed by atoms with Gasteiger partial charge in [0.15, 0.2) is 0 Å². The molecule has 2 heterocycles. The Bertz CT molecular complexity index is 852. The Morgan fingerprint density at radius 3 is 2.97 bits per heavy atom. The fourth-order valence-electron chi connectivity index (χ4n) is 3.48. The van der Waals surface area contributed by atoms with E-state index < -0.39 is 0 Å². The molecule has 0 spiro atoms.